The van der Waals surface area contributed by atoms with E-state index in [0.29, 0.717) is 13.2 Å². The summed E-state index contributed by atoms with van der Waals surface area (Å²) in [6.07, 6.45) is 1.95. The third kappa shape index (κ3) is 4.17. The molecular weight excluding hydrogens is 330 g/mol. The summed E-state index contributed by atoms with van der Waals surface area (Å²) >= 11 is 0. The maximum atomic E-state index is 12.2. The molecule has 3 rings (SSSR count). The Bertz CT molecular complexity index is 896. The van der Waals surface area contributed by atoms with Crippen molar-refractivity contribution in [2.24, 2.45) is 0 Å². The summed E-state index contributed by atoms with van der Waals surface area (Å²) < 4.78 is 16.3. The van der Waals surface area contributed by atoms with E-state index in [9.17, 15) is 4.79 Å². The molecule has 5 nitrogen and oxygen atoms in total. The molecule has 0 radical (unpaired) electrons. The Kier molecular flexibility index (Phi) is 5.46. The van der Waals surface area contributed by atoms with Crippen LogP contribution in [-0.2, 0) is 11.2 Å². The van der Waals surface area contributed by atoms with Gasteiger partial charge in [0.15, 0.2) is 0 Å². The molecule has 3 aromatic rings. The highest BCUT2D eigenvalue weighted by Gasteiger charge is 2.11. The fourth-order valence-electron chi connectivity index (χ4n) is 2.74. The Morgan fingerprint density at radius 2 is 1.77 bits per heavy atom. The Hall–Kier alpha value is -2.95. The monoisotopic (exact) mass is 353 g/mol. The zero-order valence-electron chi connectivity index (χ0n) is 15.3. The minimum absolute atomic E-state index is 0.0516. The number of rotatable bonds is 7. The Morgan fingerprint density at radius 3 is 2.50 bits per heavy atom. The quantitative estimate of drug-likeness (QED) is 0.657. The smallest absolute Gasteiger partial charge is 0.224 e. The highest BCUT2D eigenvalue weighted by atomic mass is 16.5. The number of methoxy groups -OCH3 is 1. The number of aryl methyl sites for hydroxylation is 2. The molecule has 0 fully saturated rings. The number of furan rings is 1. The molecule has 0 atom stereocenters. The predicted molar refractivity (Wildman–Crippen MR) is 101 cm³/mol. The molecule has 0 bridgehead atoms. The molecule has 0 unspecified atom stereocenters. The topological polar surface area (TPSA) is 60.7 Å². The zero-order chi connectivity index (χ0) is 18.5. The molecule has 0 aliphatic rings. The maximum absolute atomic E-state index is 12.2. The lowest BCUT2D eigenvalue weighted by Crippen LogP contribution is -2.29. The van der Waals surface area contributed by atoms with Gasteiger partial charge in [0.05, 0.1) is 26.3 Å². The molecule has 1 aromatic heterocycles. The summed E-state index contributed by atoms with van der Waals surface area (Å²) in [5.74, 6) is 1.47. The fourth-order valence-corrected chi connectivity index (χ4v) is 2.74. The second-order valence-electron chi connectivity index (χ2n) is 6.24. The second kappa shape index (κ2) is 7.95. The van der Waals surface area contributed by atoms with Crippen LogP contribution in [0.15, 0.2) is 47.1 Å². The van der Waals surface area contributed by atoms with Crippen LogP contribution in [0.3, 0.4) is 0 Å². The summed E-state index contributed by atoms with van der Waals surface area (Å²) in [6.45, 7) is 4.95. The molecule has 0 spiro atoms. The van der Waals surface area contributed by atoms with Gasteiger partial charge in [0.25, 0.3) is 0 Å². The summed E-state index contributed by atoms with van der Waals surface area (Å²) in [5, 5.41) is 3.87. The van der Waals surface area contributed by atoms with Crippen LogP contribution in [0.4, 0.5) is 0 Å². The van der Waals surface area contributed by atoms with Crippen LogP contribution in [0.1, 0.15) is 16.7 Å². The van der Waals surface area contributed by atoms with E-state index in [1.54, 1.807) is 13.4 Å². The van der Waals surface area contributed by atoms with E-state index in [2.05, 4.69) is 18.3 Å². The summed E-state index contributed by atoms with van der Waals surface area (Å²) in [5.41, 5.74) is 4.09. The first-order valence-corrected chi connectivity index (χ1v) is 8.57. The van der Waals surface area contributed by atoms with E-state index in [1.807, 2.05) is 37.3 Å². The van der Waals surface area contributed by atoms with E-state index in [1.165, 1.54) is 11.1 Å². The number of fused-ring (bicyclic) bond motifs is 1. The van der Waals surface area contributed by atoms with Gasteiger partial charge in [-0.25, -0.2) is 0 Å². The number of hydrogen-bond donors (Lipinski definition) is 1. The lowest BCUT2D eigenvalue weighted by Gasteiger charge is -2.08. The highest BCUT2D eigenvalue weighted by Crippen LogP contribution is 2.25. The van der Waals surface area contributed by atoms with Crippen molar-refractivity contribution >= 4 is 16.9 Å². The van der Waals surface area contributed by atoms with Gasteiger partial charge in [-0.3, -0.25) is 4.79 Å². The van der Waals surface area contributed by atoms with Crippen LogP contribution in [0.5, 0.6) is 11.5 Å². The average Bonchev–Trinajstić information content (AvgIpc) is 3.01. The normalized spacial score (nSPS) is 10.7. The molecule has 5 heteroatoms. The molecule has 1 heterocycles. The first kappa shape index (κ1) is 17.9. The molecular formula is C21H23NO4. The van der Waals surface area contributed by atoms with Crippen molar-refractivity contribution in [3.63, 3.8) is 0 Å². The molecule has 0 saturated heterocycles. The third-order valence-corrected chi connectivity index (χ3v) is 4.37. The van der Waals surface area contributed by atoms with Gasteiger partial charge < -0.3 is 19.2 Å². The number of benzene rings is 2. The predicted octanol–water partition coefficient (Wildman–Crippen LogP) is 3.80. The molecule has 2 aromatic carbocycles. The summed E-state index contributed by atoms with van der Waals surface area (Å²) in [4.78, 5) is 12.2. The van der Waals surface area contributed by atoms with Crippen molar-refractivity contribution in [3.05, 3.63) is 59.4 Å². The van der Waals surface area contributed by atoms with E-state index in [4.69, 9.17) is 13.9 Å². The number of hydrogen-bond acceptors (Lipinski definition) is 4. The molecule has 26 heavy (non-hydrogen) atoms. The van der Waals surface area contributed by atoms with Crippen molar-refractivity contribution in [3.8, 4) is 11.5 Å². The third-order valence-electron chi connectivity index (χ3n) is 4.37. The first-order valence-electron chi connectivity index (χ1n) is 8.57. The first-order chi connectivity index (χ1) is 12.6. The molecule has 0 saturated carbocycles. The number of carbonyl (C=O) groups excluding carboxylic acids is 1. The van der Waals surface area contributed by atoms with E-state index in [0.717, 1.165) is 28.0 Å². The average molecular weight is 353 g/mol. The Labute approximate surface area is 152 Å². The number of amides is 1. The minimum Gasteiger partial charge on any atom is -0.497 e. The van der Waals surface area contributed by atoms with Crippen molar-refractivity contribution < 1.29 is 18.7 Å². The zero-order valence-corrected chi connectivity index (χ0v) is 15.3. The number of carbonyl (C=O) groups is 1. The van der Waals surface area contributed by atoms with Gasteiger partial charge >= 0.3 is 0 Å². The Balaban J connectivity index is 1.49. The van der Waals surface area contributed by atoms with Crippen LogP contribution in [0.25, 0.3) is 11.0 Å². The molecule has 0 aliphatic carbocycles. The van der Waals surface area contributed by atoms with Crippen molar-refractivity contribution in [1.29, 1.82) is 0 Å². The molecule has 1 amide bonds. The fraction of sp³-hybridized carbons (Fsp3) is 0.286. The van der Waals surface area contributed by atoms with E-state index < -0.39 is 0 Å². The maximum Gasteiger partial charge on any atom is 0.224 e. The van der Waals surface area contributed by atoms with Crippen molar-refractivity contribution in [2.45, 2.75) is 20.3 Å². The van der Waals surface area contributed by atoms with Crippen LogP contribution in [-0.4, -0.2) is 26.2 Å². The number of nitrogens with one attached hydrogen (secondary N) is 1. The van der Waals surface area contributed by atoms with Gasteiger partial charge in [0, 0.05) is 10.9 Å². The lowest BCUT2D eigenvalue weighted by molar-refractivity contribution is -0.120. The minimum atomic E-state index is -0.0516. The van der Waals surface area contributed by atoms with Gasteiger partial charge in [-0.05, 0) is 61.4 Å². The van der Waals surface area contributed by atoms with Crippen LogP contribution >= 0.6 is 0 Å². The van der Waals surface area contributed by atoms with E-state index in [-0.39, 0.29) is 12.3 Å². The Morgan fingerprint density at radius 1 is 1.08 bits per heavy atom. The summed E-state index contributed by atoms with van der Waals surface area (Å²) in [7, 11) is 1.62. The largest absolute Gasteiger partial charge is 0.497 e. The van der Waals surface area contributed by atoms with Crippen LogP contribution < -0.4 is 14.8 Å². The highest BCUT2D eigenvalue weighted by molar-refractivity contribution is 5.88. The van der Waals surface area contributed by atoms with Crippen LogP contribution in [0, 0.1) is 13.8 Å². The molecule has 0 aliphatic heterocycles. The van der Waals surface area contributed by atoms with Gasteiger partial charge in [-0.15, -0.1) is 0 Å². The second-order valence-corrected chi connectivity index (χ2v) is 6.24. The van der Waals surface area contributed by atoms with Gasteiger partial charge in [-0.1, -0.05) is 0 Å². The number of ether oxygens (including phenoxy) is 2. The lowest BCUT2D eigenvalue weighted by atomic mass is 10.0. The van der Waals surface area contributed by atoms with E-state index >= 15 is 0 Å². The molecule has 136 valence electrons. The van der Waals surface area contributed by atoms with Gasteiger partial charge in [0.2, 0.25) is 5.91 Å². The van der Waals surface area contributed by atoms with Gasteiger partial charge in [0.1, 0.15) is 23.7 Å². The van der Waals surface area contributed by atoms with Crippen molar-refractivity contribution in [1.82, 2.24) is 5.32 Å². The van der Waals surface area contributed by atoms with Crippen molar-refractivity contribution in [2.75, 3.05) is 20.3 Å². The van der Waals surface area contributed by atoms with Gasteiger partial charge in [-0.2, -0.15) is 0 Å². The molecule has 1 N–H and O–H groups in total. The SMILES string of the molecule is COc1ccc(OCCNC(=O)Cc2coc3cc(C)c(C)cc23)cc1. The standard InChI is InChI=1S/C21H23NO4/c1-14-10-19-16(13-26-20(19)11-15(14)2)12-21(23)22-8-9-25-18-6-4-17(24-3)5-7-18/h4-7,10-11,13H,8-9,12H2,1-3H3,(H,22,23). The summed E-state index contributed by atoms with van der Waals surface area (Å²) in [6, 6.07) is 11.4. The van der Waals surface area contributed by atoms with Crippen LogP contribution in [0.2, 0.25) is 0 Å².